The van der Waals surface area contributed by atoms with E-state index in [0.717, 1.165) is 23.8 Å². The minimum absolute atomic E-state index is 0.565. The molecule has 0 radical (unpaired) electrons. The highest BCUT2D eigenvalue weighted by molar-refractivity contribution is 5.87. The van der Waals surface area contributed by atoms with Crippen molar-refractivity contribution in [3.63, 3.8) is 0 Å². The summed E-state index contributed by atoms with van der Waals surface area (Å²) in [7, 11) is 0. The van der Waals surface area contributed by atoms with Crippen molar-refractivity contribution in [3.8, 4) is 5.75 Å². The molecule has 1 N–H and O–H groups in total. The first kappa shape index (κ1) is 9.99. The summed E-state index contributed by atoms with van der Waals surface area (Å²) in [6, 6.07) is 11.9. The van der Waals surface area contributed by atoms with Gasteiger partial charge in [-0.3, -0.25) is 0 Å². The molecule has 0 heterocycles. The molecule has 0 saturated carbocycles. The lowest BCUT2D eigenvalue weighted by Crippen LogP contribution is -1.93. The molecule has 0 aliphatic carbocycles. The van der Waals surface area contributed by atoms with Crippen LogP contribution in [0.25, 0.3) is 10.8 Å². The van der Waals surface area contributed by atoms with Crippen molar-refractivity contribution in [3.05, 3.63) is 42.0 Å². The topological polar surface area (TPSA) is 29.5 Å². The van der Waals surface area contributed by atoms with Gasteiger partial charge < -0.3 is 4.89 Å². The molecule has 0 bridgehead atoms. The largest absolute Gasteiger partial charge is 0.340 e. The molecule has 2 rings (SSSR count). The molecule has 0 aliphatic rings. The Hall–Kier alpha value is -1.54. The number of hydrogen-bond acceptors (Lipinski definition) is 2. The van der Waals surface area contributed by atoms with Crippen LogP contribution in [0.5, 0.6) is 5.75 Å². The van der Waals surface area contributed by atoms with Gasteiger partial charge >= 0.3 is 0 Å². The highest BCUT2D eigenvalue weighted by Gasteiger charge is 2.07. The summed E-state index contributed by atoms with van der Waals surface area (Å²) >= 11 is 0. The van der Waals surface area contributed by atoms with E-state index < -0.39 is 0 Å². The third kappa shape index (κ3) is 1.81. The fraction of sp³-hybridized carbons (Fsp3) is 0.231. The van der Waals surface area contributed by atoms with Crippen molar-refractivity contribution in [2.24, 2.45) is 0 Å². The first-order valence-electron chi connectivity index (χ1n) is 5.19. The number of rotatable bonds is 3. The Bertz CT molecular complexity index is 463. The number of aryl methyl sites for hydroxylation is 1. The standard InChI is InChI=1S/C13H14O2/c1-2-5-12-11-7-4-3-6-10(11)8-9-13(12)15-14/h3-4,6-9,14H,2,5H2,1H3. The van der Waals surface area contributed by atoms with Crippen molar-refractivity contribution in [1.82, 2.24) is 0 Å². The van der Waals surface area contributed by atoms with Gasteiger partial charge in [-0.1, -0.05) is 43.7 Å². The quantitative estimate of drug-likeness (QED) is 0.608. The predicted octanol–water partition coefficient (Wildman–Crippen LogP) is 3.64. The molecule has 2 nitrogen and oxygen atoms in total. The molecule has 0 unspecified atom stereocenters. The van der Waals surface area contributed by atoms with Crippen LogP contribution in [0.3, 0.4) is 0 Å². The molecular weight excluding hydrogens is 188 g/mol. The summed E-state index contributed by atoms with van der Waals surface area (Å²) in [4.78, 5) is 4.41. The SMILES string of the molecule is CCCc1c(OO)ccc2ccccc12. The summed E-state index contributed by atoms with van der Waals surface area (Å²) in [5.41, 5.74) is 1.08. The van der Waals surface area contributed by atoms with Crippen LogP contribution in [-0.4, -0.2) is 5.26 Å². The van der Waals surface area contributed by atoms with Gasteiger partial charge in [0.2, 0.25) is 0 Å². The van der Waals surface area contributed by atoms with Crippen molar-refractivity contribution < 1.29 is 10.1 Å². The first-order chi connectivity index (χ1) is 7.36. The van der Waals surface area contributed by atoms with Gasteiger partial charge in [0.1, 0.15) is 0 Å². The van der Waals surface area contributed by atoms with Crippen LogP contribution in [0.1, 0.15) is 18.9 Å². The van der Waals surface area contributed by atoms with E-state index in [9.17, 15) is 0 Å². The molecule has 0 saturated heterocycles. The van der Waals surface area contributed by atoms with Gasteiger partial charge in [0.25, 0.3) is 0 Å². The molecule has 0 aliphatic heterocycles. The van der Waals surface area contributed by atoms with Crippen molar-refractivity contribution >= 4 is 10.8 Å². The normalized spacial score (nSPS) is 10.5. The Morgan fingerprint density at radius 3 is 2.67 bits per heavy atom. The average molecular weight is 202 g/mol. The van der Waals surface area contributed by atoms with E-state index in [-0.39, 0.29) is 0 Å². The maximum absolute atomic E-state index is 8.80. The van der Waals surface area contributed by atoms with Gasteiger partial charge in [0, 0.05) is 5.56 Å². The van der Waals surface area contributed by atoms with E-state index in [1.165, 1.54) is 5.39 Å². The van der Waals surface area contributed by atoms with Crippen molar-refractivity contribution in [1.29, 1.82) is 0 Å². The van der Waals surface area contributed by atoms with Crippen molar-refractivity contribution in [2.75, 3.05) is 0 Å². The fourth-order valence-corrected chi connectivity index (χ4v) is 1.91. The lowest BCUT2D eigenvalue weighted by Gasteiger charge is -2.09. The molecule has 2 aromatic rings. The van der Waals surface area contributed by atoms with Crippen LogP contribution >= 0.6 is 0 Å². The zero-order valence-corrected chi connectivity index (χ0v) is 8.73. The van der Waals surface area contributed by atoms with E-state index in [2.05, 4.69) is 23.9 Å². The Kier molecular flexibility index (Phi) is 2.88. The molecule has 2 aromatic carbocycles. The van der Waals surface area contributed by atoms with Crippen LogP contribution in [0, 0.1) is 0 Å². The molecule has 2 heteroatoms. The number of benzene rings is 2. The maximum Gasteiger partial charge on any atom is 0.168 e. The highest BCUT2D eigenvalue weighted by atomic mass is 17.1. The fourth-order valence-electron chi connectivity index (χ4n) is 1.91. The molecule has 78 valence electrons. The Morgan fingerprint density at radius 2 is 1.93 bits per heavy atom. The summed E-state index contributed by atoms with van der Waals surface area (Å²) < 4.78 is 0. The van der Waals surface area contributed by atoms with E-state index in [4.69, 9.17) is 5.26 Å². The molecule has 0 aromatic heterocycles. The van der Waals surface area contributed by atoms with Crippen LogP contribution in [0.15, 0.2) is 36.4 Å². The Balaban J connectivity index is 2.67. The second-order valence-corrected chi connectivity index (χ2v) is 3.60. The number of hydrogen-bond donors (Lipinski definition) is 1. The molecule has 0 spiro atoms. The van der Waals surface area contributed by atoms with Gasteiger partial charge in [-0.2, -0.15) is 0 Å². The molecular formula is C13H14O2. The molecule has 15 heavy (non-hydrogen) atoms. The predicted molar refractivity (Wildman–Crippen MR) is 61.2 cm³/mol. The van der Waals surface area contributed by atoms with E-state index in [1.54, 1.807) is 0 Å². The van der Waals surface area contributed by atoms with Gasteiger partial charge in [0.05, 0.1) is 0 Å². The summed E-state index contributed by atoms with van der Waals surface area (Å²) in [5.74, 6) is 0.565. The minimum Gasteiger partial charge on any atom is -0.340 e. The second kappa shape index (κ2) is 4.32. The summed E-state index contributed by atoms with van der Waals surface area (Å²) in [6.45, 7) is 2.11. The molecule has 0 atom stereocenters. The lowest BCUT2D eigenvalue weighted by atomic mass is 10.0. The highest BCUT2D eigenvalue weighted by Crippen LogP contribution is 2.28. The maximum atomic E-state index is 8.80. The van der Waals surface area contributed by atoms with Gasteiger partial charge in [-0.15, -0.1) is 0 Å². The number of fused-ring (bicyclic) bond motifs is 1. The Labute approximate surface area is 89.0 Å². The summed E-state index contributed by atoms with van der Waals surface area (Å²) in [5, 5.41) is 11.1. The second-order valence-electron chi connectivity index (χ2n) is 3.60. The van der Waals surface area contributed by atoms with Gasteiger partial charge in [-0.05, 0) is 23.3 Å². The van der Waals surface area contributed by atoms with Crippen LogP contribution < -0.4 is 4.89 Å². The zero-order chi connectivity index (χ0) is 10.7. The van der Waals surface area contributed by atoms with E-state index >= 15 is 0 Å². The van der Waals surface area contributed by atoms with Crippen LogP contribution in [0.2, 0.25) is 0 Å². The zero-order valence-electron chi connectivity index (χ0n) is 8.73. The van der Waals surface area contributed by atoms with Crippen molar-refractivity contribution in [2.45, 2.75) is 19.8 Å². The summed E-state index contributed by atoms with van der Waals surface area (Å²) in [6.07, 6.45) is 1.95. The molecule has 0 fully saturated rings. The Morgan fingerprint density at radius 1 is 1.13 bits per heavy atom. The van der Waals surface area contributed by atoms with E-state index in [0.29, 0.717) is 5.75 Å². The van der Waals surface area contributed by atoms with Gasteiger partial charge in [-0.25, -0.2) is 5.26 Å². The first-order valence-corrected chi connectivity index (χ1v) is 5.19. The van der Waals surface area contributed by atoms with Gasteiger partial charge in [0.15, 0.2) is 5.75 Å². The minimum atomic E-state index is 0.565. The van der Waals surface area contributed by atoms with Crippen LogP contribution in [-0.2, 0) is 6.42 Å². The monoisotopic (exact) mass is 202 g/mol. The lowest BCUT2D eigenvalue weighted by molar-refractivity contribution is -0.138. The molecule has 0 amide bonds. The van der Waals surface area contributed by atoms with Crippen LogP contribution in [0.4, 0.5) is 0 Å². The van der Waals surface area contributed by atoms with E-state index in [1.807, 2.05) is 24.3 Å². The average Bonchev–Trinajstić information content (AvgIpc) is 2.30. The smallest absolute Gasteiger partial charge is 0.168 e. The third-order valence-electron chi connectivity index (χ3n) is 2.60. The third-order valence-corrected chi connectivity index (χ3v) is 2.60.